The number of thiophene rings is 1. The van der Waals surface area contributed by atoms with Crippen LogP contribution in [0.5, 0.6) is 5.75 Å². The molecule has 2 fully saturated rings. The number of nitrogens with zero attached hydrogens (tertiary/aromatic N) is 2. The molecule has 2 aliphatic carbocycles. The Labute approximate surface area is 226 Å². The van der Waals surface area contributed by atoms with Gasteiger partial charge in [0.15, 0.2) is 5.13 Å². The molecule has 0 spiro atoms. The van der Waals surface area contributed by atoms with Gasteiger partial charge in [-0.05, 0) is 73.4 Å². The lowest BCUT2D eigenvalue weighted by Crippen LogP contribution is -2.05. The van der Waals surface area contributed by atoms with E-state index in [1.165, 1.54) is 4.88 Å². The molecule has 6 rings (SSSR count). The maximum atomic E-state index is 12.0. The van der Waals surface area contributed by atoms with Gasteiger partial charge in [0.05, 0.1) is 11.8 Å². The average molecular weight is 536 g/mol. The molecule has 1 aromatic carbocycles. The highest BCUT2D eigenvalue weighted by atomic mass is 32.1. The normalized spacial score (nSPS) is 14.1. The van der Waals surface area contributed by atoms with E-state index in [-0.39, 0.29) is 5.56 Å². The molecule has 0 radical (unpaired) electrons. The molecular formula is C29H33N3O3S2. The maximum absolute atomic E-state index is 12.0. The van der Waals surface area contributed by atoms with Crippen molar-refractivity contribution in [2.45, 2.75) is 65.4 Å². The molecule has 3 aromatic heterocycles. The van der Waals surface area contributed by atoms with Crippen molar-refractivity contribution in [2.24, 2.45) is 0 Å². The Morgan fingerprint density at radius 2 is 1.76 bits per heavy atom. The number of aromatic carboxylic acids is 1. The average Bonchev–Trinajstić information content (AvgIpc) is 3.85. The number of thiazole rings is 1. The molecule has 0 bridgehead atoms. The topological polar surface area (TPSA) is 84.3 Å². The van der Waals surface area contributed by atoms with Crippen molar-refractivity contribution in [2.75, 3.05) is 5.32 Å². The Hall–Kier alpha value is -3.23. The number of carboxylic acids is 1. The predicted octanol–water partition coefficient (Wildman–Crippen LogP) is 8.85. The molecule has 194 valence electrons. The maximum Gasteiger partial charge on any atom is 0.339 e. The van der Waals surface area contributed by atoms with Gasteiger partial charge in [0.25, 0.3) is 0 Å². The van der Waals surface area contributed by atoms with Gasteiger partial charge in [-0.3, -0.25) is 0 Å². The van der Waals surface area contributed by atoms with E-state index in [1.807, 2.05) is 57.3 Å². The lowest BCUT2D eigenvalue weighted by Gasteiger charge is -2.08. The smallest absolute Gasteiger partial charge is 0.339 e. The second-order valence-electron chi connectivity index (χ2n) is 8.38. The highest BCUT2D eigenvalue weighted by molar-refractivity contribution is 7.16. The van der Waals surface area contributed by atoms with Crippen LogP contribution in [0.2, 0.25) is 0 Å². The van der Waals surface area contributed by atoms with E-state index in [1.54, 1.807) is 34.9 Å². The summed E-state index contributed by atoms with van der Waals surface area (Å²) in [5.74, 6) is 0.694. The van der Waals surface area contributed by atoms with Gasteiger partial charge < -0.3 is 15.2 Å². The largest absolute Gasteiger partial charge is 0.490 e. The SMILES string of the molecule is CC.CC.O=C(O)c1cc(-c2cccs2)cnc1Nc1nc(-c2ccc(OC3CC3)cc2)c(C2CC2)s1. The van der Waals surface area contributed by atoms with Crippen LogP contribution in [0.15, 0.2) is 54.0 Å². The molecule has 2 aliphatic rings. The standard InChI is InChI=1S/C25H21N3O3S2.2C2H6/c29-24(30)19-12-16(20-2-1-11-32-20)13-26-23(19)28-25-27-21(22(33-25)15-3-4-15)14-5-7-17(8-6-14)31-18-9-10-18;2*1-2/h1-2,5-8,11-13,15,18H,3-4,9-10H2,(H,29,30)(H,26,27,28);2*1-2H3. The van der Waals surface area contributed by atoms with Gasteiger partial charge >= 0.3 is 5.97 Å². The number of aromatic nitrogens is 2. The van der Waals surface area contributed by atoms with Gasteiger partial charge in [0.1, 0.15) is 17.1 Å². The van der Waals surface area contributed by atoms with Gasteiger partial charge in [-0.25, -0.2) is 14.8 Å². The first-order valence-electron chi connectivity index (χ1n) is 13.0. The summed E-state index contributed by atoms with van der Waals surface area (Å²) in [6, 6.07) is 13.7. The van der Waals surface area contributed by atoms with E-state index in [2.05, 4.69) is 22.4 Å². The Balaban J connectivity index is 0.000000765. The van der Waals surface area contributed by atoms with Crippen molar-refractivity contribution < 1.29 is 14.6 Å². The molecule has 8 heteroatoms. The van der Waals surface area contributed by atoms with Crippen LogP contribution < -0.4 is 10.1 Å². The second kappa shape index (κ2) is 12.3. The Morgan fingerprint density at radius 1 is 1.03 bits per heavy atom. The third kappa shape index (κ3) is 6.56. The predicted molar refractivity (Wildman–Crippen MR) is 154 cm³/mol. The van der Waals surface area contributed by atoms with Gasteiger partial charge in [0, 0.05) is 27.1 Å². The quantitative estimate of drug-likeness (QED) is 0.234. The number of carboxylic acid groups (broad SMARTS) is 1. The van der Waals surface area contributed by atoms with Crippen molar-refractivity contribution >= 4 is 39.6 Å². The molecule has 2 N–H and O–H groups in total. The van der Waals surface area contributed by atoms with Crippen LogP contribution in [-0.4, -0.2) is 27.1 Å². The minimum absolute atomic E-state index is 0.132. The molecule has 37 heavy (non-hydrogen) atoms. The molecule has 4 aromatic rings. The van der Waals surface area contributed by atoms with E-state index in [0.29, 0.717) is 23.0 Å². The zero-order valence-electron chi connectivity index (χ0n) is 21.7. The van der Waals surface area contributed by atoms with Crippen molar-refractivity contribution in [3.63, 3.8) is 0 Å². The number of anilines is 2. The van der Waals surface area contributed by atoms with E-state index in [0.717, 1.165) is 53.1 Å². The fraction of sp³-hybridized carbons (Fsp3) is 0.345. The fourth-order valence-electron chi connectivity index (χ4n) is 3.69. The number of ether oxygens (including phenoxy) is 1. The number of nitrogens with one attached hydrogen (secondary N) is 1. The lowest BCUT2D eigenvalue weighted by atomic mass is 10.1. The number of rotatable bonds is 8. The van der Waals surface area contributed by atoms with Gasteiger partial charge in [-0.1, -0.05) is 33.8 Å². The van der Waals surface area contributed by atoms with Crippen LogP contribution in [0.1, 0.15) is 74.5 Å². The van der Waals surface area contributed by atoms with Crippen molar-refractivity contribution in [1.82, 2.24) is 9.97 Å². The number of hydrogen-bond acceptors (Lipinski definition) is 7. The first kappa shape index (κ1) is 26.8. The molecule has 2 saturated carbocycles. The number of hydrogen-bond donors (Lipinski definition) is 2. The highest BCUT2D eigenvalue weighted by Crippen LogP contribution is 2.49. The molecule has 3 heterocycles. The van der Waals surface area contributed by atoms with Gasteiger partial charge in [0.2, 0.25) is 0 Å². The number of carbonyl (C=O) groups is 1. The zero-order chi connectivity index (χ0) is 26.4. The molecule has 6 nitrogen and oxygen atoms in total. The first-order valence-corrected chi connectivity index (χ1v) is 14.7. The van der Waals surface area contributed by atoms with Crippen LogP contribution >= 0.6 is 22.7 Å². The summed E-state index contributed by atoms with van der Waals surface area (Å²) < 4.78 is 5.87. The molecule has 0 atom stereocenters. The zero-order valence-corrected chi connectivity index (χ0v) is 23.3. The van der Waals surface area contributed by atoms with Crippen LogP contribution in [0.25, 0.3) is 21.7 Å². The summed E-state index contributed by atoms with van der Waals surface area (Å²) in [7, 11) is 0. The molecule has 0 unspecified atom stereocenters. The van der Waals surface area contributed by atoms with E-state index < -0.39 is 5.97 Å². The van der Waals surface area contributed by atoms with E-state index >= 15 is 0 Å². The van der Waals surface area contributed by atoms with Crippen molar-refractivity contribution in [1.29, 1.82) is 0 Å². The second-order valence-corrected chi connectivity index (χ2v) is 10.4. The fourth-order valence-corrected chi connectivity index (χ4v) is 5.55. The summed E-state index contributed by atoms with van der Waals surface area (Å²) in [4.78, 5) is 23.5. The van der Waals surface area contributed by atoms with E-state index in [4.69, 9.17) is 9.72 Å². The van der Waals surface area contributed by atoms with Crippen LogP contribution in [-0.2, 0) is 0 Å². The third-order valence-electron chi connectivity index (χ3n) is 5.71. The monoisotopic (exact) mass is 535 g/mol. The van der Waals surface area contributed by atoms with Gasteiger partial charge in [-0.2, -0.15) is 0 Å². The highest BCUT2D eigenvalue weighted by Gasteiger charge is 2.30. The lowest BCUT2D eigenvalue weighted by molar-refractivity contribution is 0.0697. The Kier molecular flexibility index (Phi) is 8.95. The molecular weight excluding hydrogens is 502 g/mol. The summed E-state index contributed by atoms with van der Waals surface area (Å²) in [6.45, 7) is 8.00. The summed E-state index contributed by atoms with van der Waals surface area (Å²) in [5.41, 5.74) is 2.92. The van der Waals surface area contributed by atoms with Crippen molar-refractivity contribution in [3.05, 3.63) is 64.5 Å². The van der Waals surface area contributed by atoms with Crippen molar-refractivity contribution in [3.8, 4) is 27.4 Å². The first-order chi connectivity index (χ1) is 18.1. The van der Waals surface area contributed by atoms with Crippen LogP contribution in [0.4, 0.5) is 10.9 Å². The Morgan fingerprint density at radius 3 is 2.35 bits per heavy atom. The van der Waals surface area contributed by atoms with E-state index in [9.17, 15) is 9.90 Å². The van der Waals surface area contributed by atoms with Gasteiger partial charge in [-0.15, -0.1) is 22.7 Å². The minimum Gasteiger partial charge on any atom is -0.490 e. The van der Waals surface area contributed by atoms with Crippen LogP contribution in [0, 0.1) is 0 Å². The summed E-state index contributed by atoms with van der Waals surface area (Å²) in [6.07, 6.45) is 6.66. The number of pyridine rings is 1. The summed E-state index contributed by atoms with van der Waals surface area (Å²) >= 11 is 3.14. The van der Waals surface area contributed by atoms with Crippen LogP contribution in [0.3, 0.4) is 0 Å². The molecule has 0 amide bonds. The molecule has 0 saturated heterocycles. The minimum atomic E-state index is -1.02. The molecule has 0 aliphatic heterocycles. The summed E-state index contributed by atoms with van der Waals surface area (Å²) in [5, 5.41) is 15.6. The third-order valence-corrected chi connectivity index (χ3v) is 7.76. The number of benzene rings is 1. The Bertz CT molecular complexity index is 1310.